The fourth-order valence-corrected chi connectivity index (χ4v) is 1.52. The van der Waals surface area contributed by atoms with Crippen molar-refractivity contribution in [3.05, 3.63) is 35.4 Å². The van der Waals surface area contributed by atoms with Gasteiger partial charge in [-0.05, 0) is 24.1 Å². The van der Waals surface area contributed by atoms with Crippen LogP contribution in [0.4, 0.5) is 26.3 Å². The van der Waals surface area contributed by atoms with Gasteiger partial charge in [-0.15, -0.1) is 0 Å². The summed E-state index contributed by atoms with van der Waals surface area (Å²) in [6.45, 7) is 0. The number of halogens is 6. The zero-order valence-electron chi connectivity index (χ0n) is 9.52. The van der Waals surface area contributed by atoms with E-state index in [2.05, 4.69) is 0 Å². The van der Waals surface area contributed by atoms with E-state index in [-0.39, 0.29) is 5.56 Å². The lowest BCUT2D eigenvalue weighted by Crippen LogP contribution is -2.10. The Morgan fingerprint density at radius 3 is 1.89 bits per heavy atom. The second-order valence-electron chi connectivity index (χ2n) is 3.96. The Kier molecular flexibility index (Phi) is 4.45. The predicted molar refractivity (Wildman–Crippen MR) is 55.1 cm³/mol. The Morgan fingerprint density at radius 2 is 1.53 bits per heavy atom. The van der Waals surface area contributed by atoms with E-state index in [1.807, 2.05) is 0 Å². The van der Waals surface area contributed by atoms with Crippen LogP contribution in [0.2, 0.25) is 0 Å². The number of nitrogens with zero attached hydrogens (tertiary/aromatic N) is 1. The molecule has 1 aromatic carbocycles. The van der Waals surface area contributed by atoms with Crippen molar-refractivity contribution in [2.24, 2.45) is 0 Å². The molecule has 0 fully saturated rings. The summed E-state index contributed by atoms with van der Waals surface area (Å²) in [6, 6.07) is 5.25. The summed E-state index contributed by atoms with van der Waals surface area (Å²) in [7, 11) is 0. The second-order valence-corrected chi connectivity index (χ2v) is 3.96. The molecular weight excluding hydrogens is 272 g/mol. The molecular formula is C12H9F6N. The van der Waals surface area contributed by atoms with E-state index in [0.717, 1.165) is 24.3 Å². The molecule has 0 saturated heterocycles. The highest BCUT2D eigenvalue weighted by Gasteiger charge is 2.31. The lowest BCUT2D eigenvalue weighted by atomic mass is 9.94. The topological polar surface area (TPSA) is 23.8 Å². The standard InChI is InChI=1S/C12H9F6N/c13-11(14,15)6-5-9(7-19)8-1-3-10(4-2-8)12(16,17)18/h1-4,9H,5-6H2/t9-/m1/s1. The van der Waals surface area contributed by atoms with Gasteiger partial charge in [0.05, 0.1) is 17.6 Å². The van der Waals surface area contributed by atoms with E-state index in [1.54, 1.807) is 6.07 Å². The second kappa shape index (κ2) is 5.51. The molecule has 0 aliphatic heterocycles. The van der Waals surface area contributed by atoms with Crippen LogP contribution in [-0.2, 0) is 6.18 Å². The van der Waals surface area contributed by atoms with E-state index in [1.165, 1.54) is 0 Å². The number of hydrogen-bond donors (Lipinski definition) is 0. The third-order valence-electron chi connectivity index (χ3n) is 2.51. The lowest BCUT2D eigenvalue weighted by Gasteiger charge is -2.12. The van der Waals surface area contributed by atoms with E-state index < -0.39 is 36.7 Å². The maximum absolute atomic E-state index is 12.3. The van der Waals surface area contributed by atoms with Crippen LogP contribution in [0.25, 0.3) is 0 Å². The van der Waals surface area contributed by atoms with Gasteiger partial charge in [0.15, 0.2) is 0 Å². The molecule has 0 unspecified atom stereocenters. The van der Waals surface area contributed by atoms with Crippen LogP contribution >= 0.6 is 0 Å². The van der Waals surface area contributed by atoms with Gasteiger partial charge in [0.2, 0.25) is 0 Å². The van der Waals surface area contributed by atoms with Crippen LogP contribution < -0.4 is 0 Å². The third-order valence-corrected chi connectivity index (χ3v) is 2.51. The Hall–Kier alpha value is -1.71. The number of alkyl halides is 6. The lowest BCUT2D eigenvalue weighted by molar-refractivity contribution is -0.137. The van der Waals surface area contributed by atoms with Gasteiger partial charge >= 0.3 is 12.4 Å². The molecule has 7 heteroatoms. The average molecular weight is 281 g/mol. The molecule has 1 rings (SSSR count). The number of benzene rings is 1. The molecule has 0 amide bonds. The SMILES string of the molecule is N#C[C@@H](CCC(F)(F)F)c1ccc(C(F)(F)F)cc1. The van der Waals surface area contributed by atoms with Crippen molar-refractivity contribution >= 4 is 0 Å². The van der Waals surface area contributed by atoms with Gasteiger partial charge in [0, 0.05) is 6.42 Å². The van der Waals surface area contributed by atoms with Crippen molar-refractivity contribution in [3.63, 3.8) is 0 Å². The zero-order valence-corrected chi connectivity index (χ0v) is 9.52. The molecule has 0 bridgehead atoms. The Bertz CT molecular complexity index is 451. The van der Waals surface area contributed by atoms with Crippen molar-refractivity contribution < 1.29 is 26.3 Å². The van der Waals surface area contributed by atoms with Crippen LogP contribution in [0.5, 0.6) is 0 Å². The van der Waals surface area contributed by atoms with E-state index >= 15 is 0 Å². The first-order valence-corrected chi connectivity index (χ1v) is 5.27. The molecule has 0 N–H and O–H groups in total. The summed E-state index contributed by atoms with van der Waals surface area (Å²) < 4.78 is 73.0. The normalized spacial score (nSPS) is 13.9. The minimum absolute atomic E-state index is 0.153. The molecule has 0 heterocycles. The molecule has 19 heavy (non-hydrogen) atoms. The monoisotopic (exact) mass is 281 g/mol. The fraction of sp³-hybridized carbons (Fsp3) is 0.417. The number of nitriles is 1. The predicted octanol–water partition coefficient (Wildman–Crippen LogP) is 4.66. The van der Waals surface area contributed by atoms with Crippen LogP contribution in [0, 0.1) is 11.3 Å². The van der Waals surface area contributed by atoms with Gasteiger partial charge in [0.25, 0.3) is 0 Å². The molecule has 0 aliphatic rings. The van der Waals surface area contributed by atoms with E-state index in [4.69, 9.17) is 5.26 Å². The van der Waals surface area contributed by atoms with Crippen LogP contribution in [0.3, 0.4) is 0 Å². The third kappa shape index (κ3) is 4.81. The maximum Gasteiger partial charge on any atom is 0.416 e. The number of hydrogen-bond acceptors (Lipinski definition) is 1. The quantitative estimate of drug-likeness (QED) is 0.739. The fourth-order valence-electron chi connectivity index (χ4n) is 1.52. The molecule has 1 aromatic rings. The minimum atomic E-state index is -4.51. The molecule has 0 saturated carbocycles. The average Bonchev–Trinajstić information content (AvgIpc) is 2.28. The van der Waals surface area contributed by atoms with Crippen LogP contribution in [0.15, 0.2) is 24.3 Å². The Balaban J connectivity index is 2.81. The first-order valence-electron chi connectivity index (χ1n) is 5.27. The van der Waals surface area contributed by atoms with Crippen LogP contribution in [0.1, 0.15) is 29.9 Å². The molecule has 0 aliphatic carbocycles. The molecule has 0 radical (unpaired) electrons. The minimum Gasteiger partial charge on any atom is -0.198 e. The van der Waals surface area contributed by atoms with Gasteiger partial charge in [-0.3, -0.25) is 0 Å². The Morgan fingerprint density at radius 1 is 1.00 bits per heavy atom. The molecule has 1 nitrogen and oxygen atoms in total. The molecule has 104 valence electrons. The van der Waals surface area contributed by atoms with Crippen molar-refractivity contribution in [2.75, 3.05) is 0 Å². The van der Waals surface area contributed by atoms with Gasteiger partial charge < -0.3 is 0 Å². The van der Waals surface area contributed by atoms with Gasteiger partial charge in [-0.1, -0.05) is 12.1 Å². The van der Waals surface area contributed by atoms with Crippen molar-refractivity contribution in [1.82, 2.24) is 0 Å². The van der Waals surface area contributed by atoms with E-state index in [9.17, 15) is 26.3 Å². The highest BCUT2D eigenvalue weighted by atomic mass is 19.4. The maximum atomic E-state index is 12.3. The summed E-state index contributed by atoms with van der Waals surface area (Å²) in [5.41, 5.74) is -0.747. The van der Waals surface area contributed by atoms with Crippen molar-refractivity contribution in [1.29, 1.82) is 5.26 Å². The first kappa shape index (κ1) is 15.3. The van der Waals surface area contributed by atoms with Gasteiger partial charge in [-0.25, -0.2) is 0 Å². The summed E-state index contributed by atoms with van der Waals surface area (Å²) in [4.78, 5) is 0. The molecule has 0 spiro atoms. The summed E-state index contributed by atoms with van der Waals surface area (Å²) in [5.74, 6) is -1.07. The summed E-state index contributed by atoms with van der Waals surface area (Å²) in [5, 5.41) is 8.77. The number of rotatable bonds is 3. The first-order chi connectivity index (χ1) is 8.63. The Labute approximate surface area is 105 Å². The largest absolute Gasteiger partial charge is 0.416 e. The molecule has 1 atom stereocenters. The van der Waals surface area contributed by atoms with Crippen LogP contribution in [-0.4, -0.2) is 6.18 Å². The molecule has 0 aromatic heterocycles. The highest BCUT2D eigenvalue weighted by Crippen LogP contribution is 2.32. The van der Waals surface area contributed by atoms with Gasteiger partial charge in [0.1, 0.15) is 0 Å². The highest BCUT2D eigenvalue weighted by molar-refractivity contribution is 5.30. The zero-order chi connectivity index (χ0) is 14.7. The smallest absolute Gasteiger partial charge is 0.198 e. The summed E-state index contributed by atoms with van der Waals surface area (Å²) in [6.07, 6.45) is -10.5. The van der Waals surface area contributed by atoms with Crippen molar-refractivity contribution in [3.8, 4) is 6.07 Å². The van der Waals surface area contributed by atoms with Gasteiger partial charge in [-0.2, -0.15) is 31.6 Å². The van der Waals surface area contributed by atoms with Crippen molar-refractivity contribution in [2.45, 2.75) is 31.1 Å². The van der Waals surface area contributed by atoms with E-state index in [0.29, 0.717) is 0 Å². The summed E-state index contributed by atoms with van der Waals surface area (Å²) >= 11 is 0.